The van der Waals surface area contributed by atoms with E-state index in [4.69, 9.17) is 4.74 Å². The number of hydrogen-bond donors (Lipinski definition) is 1. The lowest BCUT2D eigenvalue weighted by atomic mass is 9.87. The van der Waals surface area contributed by atoms with Crippen molar-refractivity contribution < 1.29 is 9.53 Å². The van der Waals surface area contributed by atoms with Gasteiger partial charge in [-0.1, -0.05) is 45.0 Å². The third-order valence-corrected chi connectivity index (χ3v) is 5.31. The van der Waals surface area contributed by atoms with Gasteiger partial charge in [0.2, 0.25) is 0 Å². The van der Waals surface area contributed by atoms with Crippen LogP contribution in [0.25, 0.3) is 0 Å². The molecule has 2 aromatic rings. The molecule has 0 saturated carbocycles. The van der Waals surface area contributed by atoms with E-state index in [-0.39, 0.29) is 11.4 Å². The molecule has 1 aromatic heterocycles. The fraction of sp³-hybridized carbons (Fsp3) is 0.522. The van der Waals surface area contributed by atoms with Crippen LogP contribution in [0.2, 0.25) is 0 Å². The van der Waals surface area contributed by atoms with Crippen molar-refractivity contribution in [3.8, 4) is 0 Å². The Morgan fingerprint density at radius 1 is 1.00 bits per heavy atom. The summed E-state index contributed by atoms with van der Waals surface area (Å²) in [6, 6.07) is 12.8. The third kappa shape index (κ3) is 7.47. The molecule has 0 amide bonds. The zero-order valence-corrected chi connectivity index (χ0v) is 18.3. The van der Waals surface area contributed by atoms with Gasteiger partial charge in [0.15, 0.2) is 0 Å². The van der Waals surface area contributed by atoms with Crippen LogP contribution in [-0.2, 0) is 23.1 Å². The fourth-order valence-electron chi connectivity index (χ4n) is 2.69. The molecule has 0 bridgehead atoms. The van der Waals surface area contributed by atoms with Gasteiger partial charge in [0.05, 0.1) is 0 Å². The number of benzene rings is 1. The largest absolute Gasteiger partial charge is 0.456 e. The Balaban J connectivity index is 1.71. The molecule has 4 heteroatoms. The molecule has 0 fully saturated rings. The zero-order chi connectivity index (χ0) is 20.1. The van der Waals surface area contributed by atoms with Crippen LogP contribution in [0, 0.1) is 0 Å². The molecule has 0 aliphatic heterocycles. The van der Waals surface area contributed by atoms with Gasteiger partial charge in [-0.3, -0.25) is 0 Å². The highest BCUT2D eigenvalue weighted by atomic mass is 32.1. The lowest BCUT2D eigenvalue weighted by Crippen LogP contribution is -2.23. The van der Waals surface area contributed by atoms with Gasteiger partial charge >= 0.3 is 5.97 Å². The molecule has 1 N–H and O–H groups in total. The summed E-state index contributed by atoms with van der Waals surface area (Å²) >= 11 is 1.54. The Kier molecular flexibility index (Phi) is 7.24. The van der Waals surface area contributed by atoms with Crippen molar-refractivity contribution in [1.82, 2.24) is 5.32 Å². The minimum absolute atomic E-state index is 0.199. The van der Waals surface area contributed by atoms with Crippen LogP contribution in [0.3, 0.4) is 0 Å². The minimum atomic E-state index is -0.448. The quantitative estimate of drug-likeness (QED) is 0.487. The topological polar surface area (TPSA) is 38.3 Å². The maximum absolute atomic E-state index is 12.1. The van der Waals surface area contributed by atoms with Crippen LogP contribution < -0.4 is 5.32 Å². The second kappa shape index (κ2) is 9.03. The number of rotatable bonds is 7. The van der Waals surface area contributed by atoms with E-state index in [0.717, 1.165) is 25.9 Å². The molecule has 3 nitrogen and oxygen atoms in total. The van der Waals surface area contributed by atoms with Gasteiger partial charge in [0, 0.05) is 11.4 Å². The van der Waals surface area contributed by atoms with Crippen molar-refractivity contribution in [2.24, 2.45) is 0 Å². The number of carbonyl (C=O) groups excluding carboxylic acids is 1. The zero-order valence-electron chi connectivity index (χ0n) is 17.5. The summed E-state index contributed by atoms with van der Waals surface area (Å²) in [6.07, 6.45) is 2.03. The standard InChI is InChI=1S/C23H33NO2S/c1-22(2,3)18-11-9-17(10-12-18)16-24-15-7-8-19-13-14-20(27-19)21(25)26-23(4,5)6/h9-14,24H,7-8,15-16H2,1-6H3. The van der Waals surface area contributed by atoms with E-state index >= 15 is 0 Å². The molecule has 0 saturated heterocycles. The molecule has 2 rings (SSSR count). The normalized spacial score (nSPS) is 12.2. The SMILES string of the molecule is CC(C)(C)OC(=O)c1ccc(CCCNCc2ccc(C(C)(C)C)cc2)s1. The number of aryl methyl sites for hydroxylation is 1. The highest BCUT2D eigenvalue weighted by molar-refractivity contribution is 7.13. The van der Waals surface area contributed by atoms with E-state index in [9.17, 15) is 4.79 Å². The second-order valence-corrected chi connectivity index (χ2v) is 10.2. The molecule has 0 aliphatic carbocycles. The average molecular weight is 388 g/mol. The number of ether oxygens (including phenoxy) is 1. The molecule has 1 aromatic carbocycles. The van der Waals surface area contributed by atoms with E-state index in [2.05, 4.69) is 50.4 Å². The van der Waals surface area contributed by atoms with E-state index in [1.165, 1.54) is 27.3 Å². The Labute approximate surface area is 168 Å². The molecule has 0 radical (unpaired) electrons. The summed E-state index contributed by atoms with van der Waals surface area (Å²) < 4.78 is 5.42. The van der Waals surface area contributed by atoms with Crippen molar-refractivity contribution in [3.63, 3.8) is 0 Å². The summed E-state index contributed by atoms with van der Waals surface area (Å²) in [5.41, 5.74) is 2.43. The molecule has 0 atom stereocenters. The van der Waals surface area contributed by atoms with Crippen LogP contribution >= 0.6 is 11.3 Å². The highest BCUT2D eigenvalue weighted by Gasteiger charge is 2.19. The number of hydrogen-bond acceptors (Lipinski definition) is 4. The lowest BCUT2D eigenvalue weighted by molar-refractivity contribution is 0.00752. The molecular formula is C23H33NO2S. The Morgan fingerprint density at radius 2 is 1.67 bits per heavy atom. The van der Waals surface area contributed by atoms with Crippen molar-refractivity contribution in [2.75, 3.05) is 6.54 Å². The molecular weight excluding hydrogens is 354 g/mol. The lowest BCUT2D eigenvalue weighted by Gasteiger charge is -2.19. The van der Waals surface area contributed by atoms with Gasteiger partial charge in [-0.2, -0.15) is 0 Å². The Bertz CT molecular complexity index is 733. The summed E-state index contributed by atoms with van der Waals surface area (Å²) in [5.74, 6) is -0.226. The molecule has 0 aliphatic rings. The molecule has 148 valence electrons. The van der Waals surface area contributed by atoms with Crippen LogP contribution in [0.15, 0.2) is 36.4 Å². The van der Waals surface area contributed by atoms with Crippen LogP contribution in [-0.4, -0.2) is 18.1 Å². The number of carbonyl (C=O) groups is 1. The summed E-state index contributed by atoms with van der Waals surface area (Å²) in [4.78, 5) is 14.0. The first-order valence-corrected chi connectivity index (χ1v) is 10.5. The van der Waals surface area contributed by atoms with Gasteiger partial charge in [-0.25, -0.2) is 4.79 Å². The van der Waals surface area contributed by atoms with E-state index in [0.29, 0.717) is 4.88 Å². The maximum Gasteiger partial charge on any atom is 0.348 e. The summed E-state index contributed by atoms with van der Waals surface area (Å²) in [5, 5.41) is 3.50. The molecule has 0 unspecified atom stereocenters. The third-order valence-electron chi connectivity index (χ3n) is 4.19. The van der Waals surface area contributed by atoms with E-state index in [1.807, 2.05) is 32.9 Å². The van der Waals surface area contributed by atoms with E-state index in [1.54, 1.807) is 0 Å². The van der Waals surface area contributed by atoms with E-state index < -0.39 is 5.60 Å². The fourth-order valence-corrected chi connectivity index (χ4v) is 3.62. The first-order chi connectivity index (χ1) is 12.5. The predicted molar refractivity (Wildman–Crippen MR) is 115 cm³/mol. The van der Waals surface area contributed by atoms with Crippen LogP contribution in [0.4, 0.5) is 0 Å². The minimum Gasteiger partial charge on any atom is -0.456 e. The monoisotopic (exact) mass is 387 g/mol. The molecule has 0 spiro atoms. The Hall–Kier alpha value is -1.65. The van der Waals surface area contributed by atoms with Gasteiger partial charge in [-0.05, 0) is 68.8 Å². The summed E-state index contributed by atoms with van der Waals surface area (Å²) in [6.45, 7) is 14.2. The molecule has 27 heavy (non-hydrogen) atoms. The van der Waals surface area contributed by atoms with Gasteiger partial charge in [0.25, 0.3) is 0 Å². The van der Waals surface area contributed by atoms with Crippen molar-refractivity contribution >= 4 is 17.3 Å². The highest BCUT2D eigenvalue weighted by Crippen LogP contribution is 2.23. The van der Waals surface area contributed by atoms with Gasteiger partial charge in [-0.15, -0.1) is 11.3 Å². The van der Waals surface area contributed by atoms with Gasteiger partial charge < -0.3 is 10.1 Å². The van der Waals surface area contributed by atoms with Gasteiger partial charge in [0.1, 0.15) is 10.5 Å². The predicted octanol–water partition coefficient (Wildman–Crippen LogP) is 5.72. The van der Waals surface area contributed by atoms with Crippen molar-refractivity contribution in [1.29, 1.82) is 0 Å². The van der Waals surface area contributed by atoms with Crippen LogP contribution in [0.1, 0.15) is 73.6 Å². The number of thiophene rings is 1. The first kappa shape index (κ1) is 21.6. The van der Waals surface area contributed by atoms with Crippen LogP contribution in [0.5, 0.6) is 0 Å². The number of esters is 1. The average Bonchev–Trinajstić information content (AvgIpc) is 3.02. The summed E-state index contributed by atoms with van der Waals surface area (Å²) in [7, 11) is 0. The maximum atomic E-state index is 12.1. The second-order valence-electron chi connectivity index (χ2n) is 9.00. The van der Waals surface area contributed by atoms with Crippen molar-refractivity contribution in [2.45, 2.75) is 71.9 Å². The number of nitrogens with one attached hydrogen (secondary N) is 1. The van der Waals surface area contributed by atoms with Crippen molar-refractivity contribution in [3.05, 3.63) is 57.3 Å². The Morgan fingerprint density at radius 3 is 2.26 bits per heavy atom. The molecule has 1 heterocycles. The smallest absolute Gasteiger partial charge is 0.348 e. The first-order valence-electron chi connectivity index (χ1n) is 9.67.